The lowest BCUT2D eigenvalue weighted by Crippen LogP contribution is -2.14. The summed E-state index contributed by atoms with van der Waals surface area (Å²) in [5.41, 5.74) is 1.43. The van der Waals surface area contributed by atoms with Gasteiger partial charge >= 0.3 is 0 Å². The maximum atomic E-state index is 12.3. The van der Waals surface area contributed by atoms with E-state index in [9.17, 15) is 9.90 Å². The van der Waals surface area contributed by atoms with Gasteiger partial charge in [0.1, 0.15) is 28.2 Å². The van der Waals surface area contributed by atoms with Crippen LogP contribution in [0, 0.1) is 6.92 Å². The molecule has 1 aromatic heterocycles. The zero-order valence-electron chi connectivity index (χ0n) is 13.2. The second kappa shape index (κ2) is 6.23. The Hall–Kier alpha value is -2.27. The van der Waals surface area contributed by atoms with Gasteiger partial charge in [0.2, 0.25) is 0 Å². The van der Waals surface area contributed by atoms with E-state index in [1.54, 1.807) is 19.9 Å². The van der Waals surface area contributed by atoms with Crippen molar-refractivity contribution >= 4 is 11.0 Å². The smallest absolute Gasteiger partial charge is 0.196 e. The highest BCUT2D eigenvalue weighted by atomic mass is 16.5. The number of aryl methyl sites for hydroxylation is 1. The van der Waals surface area contributed by atoms with Gasteiger partial charge in [0.25, 0.3) is 0 Å². The summed E-state index contributed by atoms with van der Waals surface area (Å²) in [6, 6.07) is 3.05. The molecule has 1 atom stereocenters. The lowest BCUT2D eigenvalue weighted by atomic mass is 9.99. The predicted octanol–water partition coefficient (Wildman–Crippen LogP) is 2.60. The molecule has 0 spiro atoms. The average Bonchev–Trinajstić information content (AvgIpc) is 2.47. The first-order valence-electron chi connectivity index (χ1n) is 6.90. The van der Waals surface area contributed by atoms with Gasteiger partial charge in [-0.25, -0.2) is 0 Å². The summed E-state index contributed by atoms with van der Waals surface area (Å²) < 4.78 is 16.4. The second-order valence-corrected chi connectivity index (χ2v) is 5.25. The Bertz CT molecular complexity index is 773. The molecule has 0 saturated carbocycles. The molecule has 1 N–H and O–H groups in total. The van der Waals surface area contributed by atoms with Gasteiger partial charge in [0.15, 0.2) is 5.43 Å². The van der Waals surface area contributed by atoms with Gasteiger partial charge < -0.3 is 19.0 Å². The summed E-state index contributed by atoms with van der Waals surface area (Å²) >= 11 is 0. The number of aliphatic hydroxyl groups is 1. The second-order valence-electron chi connectivity index (χ2n) is 5.25. The van der Waals surface area contributed by atoms with Crippen molar-refractivity contribution in [3.05, 3.63) is 45.8 Å². The van der Waals surface area contributed by atoms with Crippen LogP contribution in [-0.2, 0) is 6.42 Å². The van der Waals surface area contributed by atoms with Crippen molar-refractivity contribution in [2.45, 2.75) is 26.4 Å². The molecular formula is C17H20O5. The topological polar surface area (TPSA) is 68.9 Å². The van der Waals surface area contributed by atoms with E-state index in [1.165, 1.54) is 20.3 Å². The molecule has 1 heterocycles. The van der Waals surface area contributed by atoms with Gasteiger partial charge in [-0.15, -0.1) is 0 Å². The standard InChI is InChI=1S/C17H20O5/c1-9(2)12(18)7-11-14(20-4)8-15(21-5)16-13(19)6-10(3)22-17(11)16/h6,8,12,18H,1,7H2,2-5H3/t12-/m1/s1. The van der Waals surface area contributed by atoms with E-state index in [4.69, 9.17) is 13.9 Å². The van der Waals surface area contributed by atoms with Gasteiger partial charge in [0, 0.05) is 24.1 Å². The molecule has 0 fully saturated rings. The van der Waals surface area contributed by atoms with E-state index in [-0.39, 0.29) is 11.8 Å². The molecule has 2 rings (SSSR count). The molecule has 0 aliphatic rings. The number of aliphatic hydroxyl groups excluding tert-OH is 1. The van der Waals surface area contributed by atoms with Gasteiger partial charge in [-0.2, -0.15) is 0 Å². The molecule has 0 radical (unpaired) electrons. The molecule has 118 valence electrons. The minimum absolute atomic E-state index is 0.190. The first-order chi connectivity index (χ1) is 10.4. The van der Waals surface area contributed by atoms with Crippen molar-refractivity contribution in [2.75, 3.05) is 14.2 Å². The first kappa shape index (κ1) is 16.1. The molecule has 22 heavy (non-hydrogen) atoms. The summed E-state index contributed by atoms with van der Waals surface area (Å²) in [5, 5.41) is 10.5. The molecule has 5 nitrogen and oxygen atoms in total. The summed E-state index contributed by atoms with van der Waals surface area (Å²) in [7, 11) is 3.00. The normalized spacial score (nSPS) is 12.2. The van der Waals surface area contributed by atoms with Crippen LogP contribution in [0.1, 0.15) is 18.2 Å². The monoisotopic (exact) mass is 304 g/mol. The molecule has 0 amide bonds. The highest BCUT2D eigenvalue weighted by molar-refractivity contribution is 5.88. The fourth-order valence-electron chi connectivity index (χ4n) is 2.35. The van der Waals surface area contributed by atoms with Crippen LogP contribution in [0.2, 0.25) is 0 Å². The van der Waals surface area contributed by atoms with Crippen LogP contribution in [-0.4, -0.2) is 25.4 Å². The van der Waals surface area contributed by atoms with E-state index in [0.717, 1.165) is 0 Å². The summed E-state index contributed by atoms with van der Waals surface area (Å²) in [6.07, 6.45) is -0.512. The number of ether oxygens (including phenoxy) is 2. The van der Waals surface area contributed by atoms with Crippen LogP contribution in [0.5, 0.6) is 11.5 Å². The summed E-state index contributed by atoms with van der Waals surface area (Å²) in [5.74, 6) is 1.37. The number of methoxy groups -OCH3 is 2. The van der Waals surface area contributed by atoms with Crippen LogP contribution < -0.4 is 14.9 Å². The van der Waals surface area contributed by atoms with Gasteiger partial charge in [-0.1, -0.05) is 12.2 Å². The quantitative estimate of drug-likeness (QED) is 0.860. The maximum Gasteiger partial charge on any atom is 0.196 e. The number of hydrogen-bond donors (Lipinski definition) is 1. The minimum atomic E-state index is -0.753. The predicted molar refractivity (Wildman–Crippen MR) is 84.8 cm³/mol. The molecular weight excluding hydrogens is 284 g/mol. The number of fused-ring (bicyclic) bond motifs is 1. The van der Waals surface area contributed by atoms with E-state index in [0.29, 0.717) is 39.4 Å². The Morgan fingerprint density at radius 2 is 1.95 bits per heavy atom. The van der Waals surface area contributed by atoms with Crippen LogP contribution in [0.25, 0.3) is 11.0 Å². The van der Waals surface area contributed by atoms with Gasteiger partial charge in [-0.3, -0.25) is 4.79 Å². The summed E-state index contributed by atoms with van der Waals surface area (Å²) in [6.45, 7) is 7.19. The highest BCUT2D eigenvalue weighted by Crippen LogP contribution is 2.35. The molecule has 0 unspecified atom stereocenters. The van der Waals surface area contributed by atoms with E-state index < -0.39 is 6.10 Å². The molecule has 0 saturated heterocycles. The van der Waals surface area contributed by atoms with Crippen LogP contribution in [0.4, 0.5) is 0 Å². The largest absolute Gasteiger partial charge is 0.496 e. The van der Waals surface area contributed by atoms with Crippen LogP contribution in [0.3, 0.4) is 0 Å². The first-order valence-corrected chi connectivity index (χ1v) is 6.90. The maximum absolute atomic E-state index is 12.3. The zero-order valence-corrected chi connectivity index (χ0v) is 13.2. The number of rotatable bonds is 5. The molecule has 5 heteroatoms. The van der Waals surface area contributed by atoms with Crippen molar-refractivity contribution in [1.29, 1.82) is 0 Å². The molecule has 1 aromatic carbocycles. The minimum Gasteiger partial charge on any atom is -0.496 e. The van der Waals surface area contributed by atoms with Gasteiger partial charge in [0.05, 0.1) is 20.3 Å². The molecule has 0 bridgehead atoms. The third-order valence-electron chi connectivity index (χ3n) is 3.56. The molecule has 0 aliphatic heterocycles. The third kappa shape index (κ3) is 2.85. The Labute approximate surface area is 128 Å². The Morgan fingerprint density at radius 1 is 1.32 bits per heavy atom. The molecule has 2 aromatic rings. The van der Waals surface area contributed by atoms with Crippen molar-refractivity contribution < 1.29 is 19.0 Å². The fraction of sp³-hybridized carbons (Fsp3) is 0.353. The van der Waals surface area contributed by atoms with Crippen LogP contribution >= 0.6 is 0 Å². The Balaban J connectivity index is 2.82. The number of benzene rings is 1. The van der Waals surface area contributed by atoms with E-state index >= 15 is 0 Å². The van der Waals surface area contributed by atoms with Crippen molar-refractivity contribution in [3.63, 3.8) is 0 Å². The van der Waals surface area contributed by atoms with Gasteiger partial charge in [-0.05, 0) is 13.8 Å². The molecule has 0 aliphatic carbocycles. The van der Waals surface area contributed by atoms with E-state index in [2.05, 4.69) is 6.58 Å². The lowest BCUT2D eigenvalue weighted by molar-refractivity contribution is 0.210. The van der Waals surface area contributed by atoms with Crippen LogP contribution in [0.15, 0.2) is 33.5 Å². The number of hydrogen-bond acceptors (Lipinski definition) is 5. The summed E-state index contributed by atoms with van der Waals surface area (Å²) in [4.78, 5) is 12.3. The fourth-order valence-corrected chi connectivity index (χ4v) is 2.35. The van der Waals surface area contributed by atoms with Crippen molar-refractivity contribution in [2.24, 2.45) is 0 Å². The lowest BCUT2D eigenvalue weighted by Gasteiger charge is -2.17. The highest BCUT2D eigenvalue weighted by Gasteiger charge is 2.21. The van der Waals surface area contributed by atoms with Crippen molar-refractivity contribution in [1.82, 2.24) is 0 Å². The Kier molecular flexibility index (Phi) is 4.56. The van der Waals surface area contributed by atoms with Crippen molar-refractivity contribution in [3.8, 4) is 11.5 Å². The average molecular weight is 304 g/mol. The zero-order chi connectivity index (χ0) is 16.4. The Morgan fingerprint density at radius 3 is 2.50 bits per heavy atom. The van der Waals surface area contributed by atoms with E-state index in [1.807, 2.05) is 0 Å². The SMILES string of the molecule is C=C(C)[C@H](O)Cc1c(OC)cc(OC)c2c(=O)cc(C)oc12. The third-order valence-corrected chi connectivity index (χ3v) is 3.56.